The number of ether oxygens (including phenoxy) is 1. The van der Waals surface area contributed by atoms with Gasteiger partial charge in [-0.25, -0.2) is 0 Å². The van der Waals surface area contributed by atoms with Crippen LogP contribution in [0.25, 0.3) is 0 Å². The van der Waals surface area contributed by atoms with Crippen molar-refractivity contribution in [1.29, 1.82) is 0 Å². The third kappa shape index (κ3) is 3.02. The van der Waals surface area contributed by atoms with E-state index in [4.69, 9.17) is 4.74 Å². The lowest BCUT2D eigenvalue weighted by atomic mass is 9.78. The average molecular weight is 279 g/mol. The van der Waals surface area contributed by atoms with Gasteiger partial charge in [0.25, 0.3) is 0 Å². The number of morpholine rings is 1. The maximum atomic E-state index is 12.8. The van der Waals surface area contributed by atoms with Crippen LogP contribution in [0.15, 0.2) is 29.2 Å². The van der Waals surface area contributed by atoms with Gasteiger partial charge in [0.1, 0.15) is 0 Å². The van der Waals surface area contributed by atoms with Crippen LogP contribution in [0.3, 0.4) is 0 Å². The first-order valence-electron chi connectivity index (χ1n) is 6.57. The Hall–Kier alpha value is -0.840. The molecule has 1 saturated heterocycles. The Morgan fingerprint density at radius 3 is 2.79 bits per heavy atom. The maximum absolute atomic E-state index is 12.8. The molecule has 2 rings (SSSR count). The second kappa shape index (κ2) is 6.07. The van der Waals surface area contributed by atoms with E-state index in [1.165, 1.54) is 0 Å². The van der Waals surface area contributed by atoms with Crippen molar-refractivity contribution in [3.05, 3.63) is 29.8 Å². The number of nitrogens with one attached hydrogen (secondary N) is 1. The first-order chi connectivity index (χ1) is 9.07. The van der Waals surface area contributed by atoms with Crippen molar-refractivity contribution >= 4 is 17.5 Å². The number of ketones is 1. The minimum Gasteiger partial charge on any atom is -0.375 e. The molecule has 0 amide bonds. The van der Waals surface area contributed by atoms with Crippen LogP contribution in [0.5, 0.6) is 0 Å². The molecule has 0 spiro atoms. The molecule has 0 saturated carbocycles. The highest BCUT2D eigenvalue weighted by Gasteiger charge is 2.39. The van der Waals surface area contributed by atoms with Gasteiger partial charge < -0.3 is 10.1 Å². The minimum absolute atomic E-state index is 0.0661. The molecule has 1 aliphatic heterocycles. The Morgan fingerprint density at radius 1 is 1.42 bits per heavy atom. The summed E-state index contributed by atoms with van der Waals surface area (Å²) in [6, 6.07) is 7.79. The highest BCUT2D eigenvalue weighted by molar-refractivity contribution is 7.98. The summed E-state index contributed by atoms with van der Waals surface area (Å²) in [5.74, 6) is 0.158. The Labute approximate surface area is 119 Å². The van der Waals surface area contributed by atoms with Gasteiger partial charge in [-0.2, -0.15) is 0 Å². The fourth-order valence-corrected chi connectivity index (χ4v) is 2.95. The predicted octanol–water partition coefficient (Wildman–Crippen LogP) is 2.61. The second-order valence-electron chi connectivity index (χ2n) is 5.31. The zero-order chi connectivity index (χ0) is 13.9. The maximum Gasteiger partial charge on any atom is 0.172 e. The monoisotopic (exact) mass is 279 g/mol. The van der Waals surface area contributed by atoms with Crippen LogP contribution in [-0.2, 0) is 4.74 Å². The number of thioether (sulfide) groups is 1. The van der Waals surface area contributed by atoms with E-state index in [1.54, 1.807) is 11.8 Å². The van der Waals surface area contributed by atoms with Gasteiger partial charge in [-0.15, -0.1) is 11.8 Å². The van der Waals surface area contributed by atoms with Crippen molar-refractivity contribution in [3.63, 3.8) is 0 Å². The number of hydrogen-bond acceptors (Lipinski definition) is 4. The molecule has 1 fully saturated rings. The van der Waals surface area contributed by atoms with Gasteiger partial charge in [0, 0.05) is 23.5 Å². The summed E-state index contributed by atoms with van der Waals surface area (Å²) < 4.78 is 5.77. The van der Waals surface area contributed by atoms with Crippen LogP contribution < -0.4 is 5.32 Å². The van der Waals surface area contributed by atoms with Crippen molar-refractivity contribution < 1.29 is 9.53 Å². The third-order valence-corrected chi connectivity index (χ3v) is 4.47. The summed E-state index contributed by atoms with van der Waals surface area (Å²) >= 11 is 1.61. The Morgan fingerprint density at radius 2 is 2.16 bits per heavy atom. The average Bonchev–Trinajstić information content (AvgIpc) is 2.47. The number of hydrogen-bond donors (Lipinski definition) is 1. The molecule has 0 aromatic heterocycles. The van der Waals surface area contributed by atoms with E-state index in [2.05, 4.69) is 5.32 Å². The summed E-state index contributed by atoms with van der Waals surface area (Å²) in [6.45, 7) is 6.22. The van der Waals surface area contributed by atoms with Crippen LogP contribution in [0.2, 0.25) is 0 Å². The van der Waals surface area contributed by atoms with Gasteiger partial charge in [-0.1, -0.05) is 18.2 Å². The van der Waals surface area contributed by atoms with Crippen LogP contribution in [0, 0.1) is 5.41 Å². The fraction of sp³-hybridized carbons (Fsp3) is 0.533. The molecule has 1 atom stereocenters. The van der Waals surface area contributed by atoms with Gasteiger partial charge in [0.2, 0.25) is 0 Å². The highest BCUT2D eigenvalue weighted by Crippen LogP contribution is 2.32. The normalized spacial score (nSPS) is 20.3. The van der Waals surface area contributed by atoms with Crippen molar-refractivity contribution in [1.82, 2.24) is 5.32 Å². The molecule has 1 N–H and O–H groups in total. The van der Waals surface area contributed by atoms with E-state index in [-0.39, 0.29) is 11.9 Å². The molecule has 1 heterocycles. The van der Waals surface area contributed by atoms with E-state index >= 15 is 0 Å². The molecular formula is C15H21NO2S. The second-order valence-corrected chi connectivity index (χ2v) is 6.16. The minimum atomic E-state index is -0.515. The Kier molecular flexibility index (Phi) is 4.66. The molecule has 1 aromatic carbocycles. The number of Topliss-reactive ketones (excluding diaryl/α,β-unsaturated/α-hetero) is 1. The lowest BCUT2D eigenvalue weighted by Gasteiger charge is -2.36. The molecule has 104 valence electrons. The predicted molar refractivity (Wildman–Crippen MR) is 78.9 cm³/mol. The standard InChI is InChI=1S/C15H21NO2S/c1-15(2,13-10-16-8-9-18-13)14(17)11-6-4-5-7-12(11)19-3/h4-7,13,16H,8-10H2,1-3H3. The molecular weight excluding hydrogens is 258 g/mol. The first kappa shape index (κ1) is 14.6. The van der Waals surface area contributed by atoms with E-state index in [9.17, 15) is 4.79 Å². The Bertz CT molecular complexity index is 453. The highest BCUT2D eigenvalue weighted by atomic mass is 32.2. The van der Waals surface area contributed by atoms with Gasteiger partial charge >= 0.3 is 0 Å². The lowest BCUT2D eigenvalue weighted by molar-refractivity contribution is -0.0325. The Balaban J connectivity index is 2.26. The summed E-state index contributed by atoms with van der Waals surface area (Å²) in [7, 11) is 0. The number of carbonyl (C=O) groups is 1. The quantitative estimate of drug-likeness (QED) is 0.679. The van der Waals surface area contributed by atoms with Crippen LogP contribution in [0.4, 0.5) is 0 Å². The van der Waals surface area contributed by atoms with Crippen molar-refractivity contribution in [2.45, 2.75) is 24.8 Å². The third-order valence-electron chi connectivity index (χ3n) is 3.67. The molecule has 0 radical (unpaired) electrons. The van der Waals surface area contributed by atoms with E-state index in [0.717, 1.165) is 23.5 Å². The van der Waals surface area contributed by atoms with Crippen molar-refractivity contribution in [2.24, 2.45) is 5.41 Å². The molecule has 1 aliphatic rings. The molecule has 1 aromatic rings. The van der Waals surface area contributed by atoms with Gasteiger partial charge in [0.05, 0.1) is 18.1 Å². The summed E-state index contributed by atoms with van der Waals surface area (Å²) in [5, 5.41) is 3.29. The van der Waals surface area contributed by atoms with Crippen molar-refractivity contribution in [3.8, 4) is 0 Å². The summed E-state index contributed by atoms with van der Waals surface area (Å²) in [6.07, 6.45) is 1.93. The lowest BCUT2D eigenvalue weighted by Crippen LogP contribution is -2.49. The van der Waals surface area contributed by atoms with Crippen LogP contribution in [-0.4, -0.2) is 37.8 Å². The molecule has 19 heavy (non-hydrogen) atoms. The summed E-state index contributed by atoms with van der Waals surface area (Å²) in [5.41, 5.74) is 0.286. The van der Waals surface area contributed by atoms with Crippen LogP contribution in [0.1, 0.15) is 24.2 Å². The summed E-state index contributed by atoms with van der Waals surface area (Å²) in [4.78, 5) is 13.9. The van der Waals surface area contributed by atoms with Crippen LogP contribution >= 0.6 is 11.8 Å². The van der Waals surface area contributed by atoms with Gasteiger partial charge in [-0.3, -0.25) is 4.79 Å². The zero-order valence-corrected chi connectivity index (χ0v) is 12.5. The first-order valence-corrected chi connectivity index (χ1v) is 7.80. The number of rotatable bonds is 4. The molecule has 0 bridgehead atoms. The van der Waals surface area contributed by atoms with Gasteiger partial charge in [-0.05, 0) is 26.2 Å². The zero-order valence-electron chi connectivity index (χ0n) is 11.7. The van der Waals surface area contributed by atoms with E-state index in [1.807, 2.05) is 44.4 Å². The van der Waals surface area contributed by atoms with Gasteiger partial charge in [0.15, 0.2) is 5.78 Å². The number of benzene rings is 1. The number of carbonyl (C=O) groups excluding carboxylic acids is 1. The molecule has 1 unspecified atom stereocenters. The largest absolute Gasteiger partial charge is 0.375 e. The van der Waals surface area contributed by atoms with Crippen molar-refractivity contribution in [2.75, 3.05) is 26.0 Å². The van der Waals surface area contributed by atoms with E-state index in [0.29, 0.717) is 6.61 Å². The topological polar surface area (TPSA) is 38.3 Å². The van der Waals surface area contributed by atoms with E-state index < -0.39 is 5.41 Å². The SMILES string of the molecule is CSc1ccccc1C(=O)C(C)(C)C1CNCCO1. The molecule has 0 aliphatic carbocycles. The fourth-order valence-electron chi connectivity index (χ4n) is 2.35. The smallest absolute Gasteiger partial charge is 0.172 e. The molecule has 4 heteroatoms. The molecule has 3 nitrogen and oxygen atoms in total.